The van der Waals surface area contributed by atoms with Gasteiger partial charge >= 0.3 is 5.97 Å². The maximum atomic E-state index is 10.6. The Labute approximate surface area is 65.0 Å². The van der Waals surface area contributed by atoms with E-state index in [0.29, 0.717) is 5.25 Å². The van der Waals surface area contributed by atoms with E-state index >= 15 is 0 Å². The Morgan fingerprint density at radius 2 is 2.50 bits per heavy atom. The minimum absolute atomic E-state index is 0.0741. The maximum Gasteiger partial charge on any atom is 0.307 e. The lowest BCUT2D eigenvalue weighted by molar-refractivity contribution is -0.141. The summed E-state index contributed by atoms with van der Waals surface area (Å²) in [4.78, 5) is 10.6. The van der Waals surface area contributed by atoms with Gasteiger partial charge in [-0.15, -0.1) is 0 Å². The Kier molecular flexibility index (Phi) is 2.60. The van der Waals surface area contributed by atoms with Gasteiger partial charge in [0.15, 0.2) is 0 Å². The highest BCUT2D eigenvalue weighted by Gasteiger charge is 2.36. The SMILES string of the molecule is CCC[C@H](C(=O)O)[C@@H]1CS1. The Morgan fingerprint density at radius 3 is 2.80 bits per heavy atom. The van der Waals surface area contributed by atoms with Gasteiger partial charge in [-0.2, -0.15) is 11.8 Å². The molecule has 0 aliphatic carbocycles. The summed E-state index contributed by atoms with van der Waals surface area (Å²) in [5.41, 5.74) is 0. The summed E-state index contributed by atoms with van der Waals surface area (Å²) in [5.74, 6) is 0.364. The van der Waals surface area contributed by atoms with Crippen molar-refractivity contribution in [2.75, 3.05) is 5.75 Å². The fourth-order valence-corrected chi connectivity index (χ4v) is 1.90. The van der Waals surface area contributed by atoms with E-state index in [9.17, 15) is 4.79 Å². The lowest BCUT2D eigenvalue weighted by Crippen LogP contribution is -2.18. The number of carboxylic acid groups (broad SMARTS) is 1. The predicted octanol–water partition coefficient (Wildman–Crippen LogP) is 1.60. The van der Waals surface area contributed by atoms with Crippen LogP contribution in [-0.4, -0.2) is 22.1 Å². The number of carbonyl (C=O) groups is 1. The van der Waals surface area contributed by atoms with E-state index in [4.69, 9.17) is 5.11 Å². The van der Waals surface area contributed by atoms with Crippen LogP contribution in [0.4, 0.5) is 0 Å². The first-order valence-corrected chi connectivity index (χ1v) is 4.65. The molecule has 2 atom stereocenters. The van der Waals surface area contributed by atoms with Crippen LogP contribution in [0.5, 0.6) is 0 Å². The molecule has 0 saturated carbocycles. The van der Waals surface area contributed by atoms with Crippen LogP contribution >= 0.6 is 11.8 Å². The van der Waals surface area contributed by atoms with Crippen LogP contribution in [0.15, 0.2) is 0 Å². The summed E-state index contributed by atoms with van der Waals surface area (Å²) in [6.45, 7) is 2.03. The number of aliphatic carboxylic acids is 1. The zero-order chi connectivity index (χ0) is 7.56. The lowest BCUT2D eigenvalue weighted by Gasteiger charge is -2.06. The van der Waals surface area contributed by atoms with Crippen molar-refractivity contribution in [2.45, 2.75) is 25.0 Å². The van der Waals surface area contributed by atoms with Crippen LogP contribution in [0.2, 0.25) is 0 Å². The fraction of sp³-hybridized carbons (Fsp3) is 0.857. The van der Waals surface area contributed by atoms with Gasteiger partial charge in [0.25, 0.3) is 0 Å². The van der Waals surface area contributed by atoms with Gasteiger partial charge in [0.1, 0.15) is 0 Å². The molecule has 0 spiro atoms. The normalized spacial score (nSPS) is 25.9. The van der Waals surface area contributed by atoms with Gasteiger partial charge in [-0.1, -0.05) is 13.3 Å². The Bertz CT molecular complexity index is 132. The monoisotopic (exact) mass is 160 g/mol. The molecule has 0 bridgehead atoms. The average molecular weight is 160 g/mol. The van der Waals surface area contributed by atoms with E-state index in [1.807, 2.05) is 6.92 Å². The first kappa shape index (κ1) is 7.92. The van der Waals surface area contributed by atoms with Gasteiger partial charge in [-0.3, -0.25) is 4.79 Å². The van der Waals surface area contributed by atoms with Crippen LogP contribution < -0.4 is 0 Å². The Hall–Kier alpha value is -0.180. The molecule has 1 aliphatic heterocycles. The van der Waals surface area contributed by atoms with Crippen molar-refractivity contribution in [2.24, 2.45) is 5.92 Å². The summed E-state index contributed by atoms with van der Waals surface area (Å²) in [5, 5.41) is 9.13. The number of carboxylic acids is 1. The molecule has 0 aromatic heterocycles. The van der Waals surface area contributed by atoms with E-state index in [-0.39, 0.29) is 5.92 Å². The third kappa shape index (κ3) is 1.90. The molecular formula is C7H12O2S. The number of hydrogen-bond donors (Lipinski definition) is 1. The van der Waals surface area contributed by atoms with Gasteiger partial charge in [-0.05, 0) is 6.42 Å². The fourth-order valence-electron chi connectivity index (χ4n) is 1.07. The molecule has 2 nitrogen and oxygen atoms in total. The van der Waals surface area contributed by atoms with Crippen molar-refractivity contribution in [3.8, 4) is 0 Å². The first-order chi connectivity index (χ1) is 4.75. The molecule has 0 aromatic rings. The molecule has 0 amide bonds. The highest BCUT2D eigenvalue weighted by molar-refractivity contribution is 8.06. The molecule has 0 unspecified atom stereocenters. The van der Waals surface area contributed by atoms with Gasteiger partial charge in [0.2, 0.25) is 0 Å². The van der Waals surface area contributed by atoms with Crippen LogP contribution in [-0.2, 0) is 4.79 Å². The highest BCUT2D eigenvalue weighted by Crippen LogP contribution is 2.38. The largest absolute Gasteiger partial charge is 0.481 e. The molecule has 10 heavy (non-hydrogen) atoms. The summed E-state index contributed by atoms with van der Waals surface area (Å²) in [6, 6.07) is 0. The van der Waals surface area contributed by atoms with Crippen molar-refractivity contribution in [1.82, 2.24) is 0 Å². The van der Waals surface area contributed by atoms with Crippen LogP contribution in [0.25, 0.3) is 0 Å². The van der Waals surface area contributed by atoms with Crippen molar-refractivity contribution in [1.29, 1.82) is 0 Å². The molecule has 1 heterocycles. The van der Waals surface area contributed by atoms with E-state index in [2.05, 4.69) is 0 Å². The van der Waals surface area contributed by atoms with E-state index in [1.54, 1.807) is 11.8 Å². The third-order valence-electron chi connectivity index (χ3n) is 1.72. The van der Waals surface area contributed by atoms with Crippen molar-refractivity contribution in [3.63, 3.8) is 0 Å². The summed E-state index contributed by atoms with van der Waals surface area (Å²) in [6.07, 6.45) is 1.82. The summed E-state index contributed by atoms with van der Waals surface area (Å²) < 4.78 is 0. The molecule has 58 valence electrons. The van der Waals surface area contributed by atoms with Crippen LogP contribution in [0.3, 0.4) is 0 Å². The van der Waals surface area contributed by atoms with Crippen LogP contribution in [0, 0.1) is 5.92 Å². The maximum absolute atomic E-state index is 10.6. The topological polar surface area (TPSA) is 37.3 Å². The molecule has 1 N–H and O–H groups in total. The van der Waals surface area contributed by atoms with E-state index < -0.39 is 5.97 Å². The highest BCUT2D eigenvalue weighted by atomic mass is 32.2. The predicted molar refractivity (Wildman–Crippen MR) is 42.3 cm³/mol. The molecule has 0 aromatic carbocycles. The zero-order valence-corrected chi connectivity index (χ0v) is 6.86. The van der Waals surface area contributed by atoms with Crippen molar-refractivity contribution in [3.05, 3.63) is 0 Å². The second-order valence-electron chi connectivity index (χ2n) is 2.61. The molecule has 1 saturated heterocycles. The minimum Gasteiger partial charge on any atom is -0.481 e. The first-order valence-electron chi connectivity index (χ1n) is 3.60. The van der Waals surface area contributed by atoms with E-state index in [1.165, 1.54) is 0 Å². The smallest absolute Gasteiger partial charge is 0.307 e. The lowest BCUT2D eigenvalue weighted by atomic mass is 10.0. The van der Waals surface area contributed by atoms with Crippen molar-refractivity contribution >= 4 is 17.7 Å². The number of hydrogen-bond acceptors (Lipinski definition) is 2. The average Bonchev–Trinajstić information content (AvgIpc) is 2.63. The molecule has 3 heteroatoms. The summed E-state index contributed by atoms with van der Waals surface area (Å²) in [7, 11) is 0. The number of thioether (sulfide) groups is 1. The molecule has 1 fully saturated rings. The Morgan fingerprint density at radius 1 is 1.90 bits per heavy atom. The molecule has 1 rings (SSSR count). The zero-order valence-electron chi connectivity index (χ0n) is 6.04. The third-order valence-corrected chi connectivity index (χ3v) is 2.77. The standard InChI is InChI=1S/C7H12O2S/c1-2-3-5(7(8)9)6-4-10-6/h5-6H,2-4H2,1H3,(H,8,9)/t5-,6-/m0/s1. The molecule has 0 radical (unpaired) electrons. The second-order valence-corrected chi connectivity index (χ2v) is 3.88. The molecular weight excluding hydrogens is 148 g/mol. The van der Waals surface area contributed by atoms with Gasteiger partial charge in [0, 0.05) is 11.0 Å². The van der Waals surface area contributed by atoms with Crippen LogP contribution in [0.1, 0.15) is 19.8 Å². The minimum atomic E-state index is -0.614. The summed E-state index contributed by atoms with van der Waals surface area (Å²) >= 11 is 1.76. The molecule has 1 aliphatic rings. The van der Waals surface area contributed by atoms with E-state index in [0.717, 1.165) is 18.6 Å². The van der Waals surface area contributed by atoms with Gasteiger partial charge in [0.05, 0.1) is 5.92 Å². The second kappa shape index (κ2) is 3.28. The Balaban J connectivity index is 2.34. The van der Waals surface area contributed by atoms with Gasteiger partial charge in [-0.25, -0.2) is 0 Å². The van der Waals surface area contributed by atoms with Gasteiger partial charge < -0.3 is 5.11 Å². The van der Waals surface area contributed by atoms with Crippen molar-refractivity contribution < 1.29 is 9.90 Å². The quantitative estimate of drug-likeness (QED) is 0.635. The number of rotatable bonds is 4.